The Morgan fingerprint density at radius 1 is 1.43 bits per heavy atom. The maximum Gasteiger partial charge on any atom is 0.311 e. The second kappa shape index (κ2) is 5.11. The van der Waals surface area contributed by atoms with Crippen molar-refractivity contribution in [3.8, 4) is 0 Å². The first-order valence-electron chi connectivity index (χ1n) is 6.85. The van der Waals surface area contributed by atoms with Gasteiger partial charge in [-0.1, -0.05) is 0 Å². The summed E-state index contributed by atoms with van der Waals surface area (Å²) in [5.74, 6) is -0.935. The number of aliphatic carboxylic acids is 1. The Morgan fingerprint density at radius 3 is 3.00 bits per heavy atom. The topological polar surface area (TPSA) is 70.5 Å². The van der Waals surface area contributed by atoms with E-state index >= 15 is 0 Å². The fourth-order valence-electron chi connectivity index (χ4n) is 2.76. The molecule has 1 aliphatic heterocycles. The molecule has 1 aromatic heterocycles. The van der Waals surface area contributed by atoms with Gasteiger partial charge >= 0.3 is 5.97 Å². The number of carbonyl (C=O) groups excluding carboxylic acids is 1. The van der Waals surface area contributed by atoms with E-state index in [4.69, 9.17) is 0 Å². The average Bonchev–Trinajstić information content (AvgIpc) is 2.93. The third-order valence-electron chi connectivity index (χ3n) is 4.08. The molecule has 0 spiro atoms. The molecule has 0 saturated carbocycles. The summed E-state index contributed by atoms with van der Waals surface area (Å²) >= 11 is 1.49. The highest BCUT2D eigenvalue weighted by atomic mass is 32.1. The van der Waals surface area contributed by atoms with Crippen LogP contribution in [0.2, 0.25) is 0 Å². The first-order chi connectivity index (χ1) is 9.99. The molecule has 1 amide bonds. The van der Waals surface area contributed by atoms with Gasteiger partial charge < -0.3 is 10.0 Å². The lowest BCUT2D eigenvalue weighted by Crippen LogP contribution is -2.48. The quantitative estimate of drug-likeness (QED) is 0.926. The van der Waals surface area contributed by atoms with E-state index in [0.717, 1.165) is 16.6 Å². The van der Waals surface area contributed by atoms with Crippen molar-refractivity contribution in [1.29, 1.82) is 0 Å². The van der Waals surface area contributed by atoms with Crippen LogP contribution in [0.15, 0.2) is 23.7 Å². The van der Waals surface area contributed by atoms with Crippen LogP contribution in [0.1, 0.15) is 30.1 Å². The van der Waals surface area contributed by atoms with E-state index in [1.165, 1.54) is 11.3 Å². The molecule has 110 valence electrons. The Bertz CT molecular complexity index is 712. The molecule has 1 saturated heterocycles. The third-order valence-corrected chi connectivity index (χ3v) is 4.87. The largest absolute Gasteiger partial charge is 0.481 e. The first-order valence-corrected chi connectivity index (χ1v) is 7.73. The number of carbonyl (C=O) groups is 2. The van der Waals surface area contributed by atoms with Gasteiger partial charge in [0.2, 0.25) is 0 Å². The number of amides is 1. The average molecular weight is 304 g/mol. The van der Waals surface area contributed by atoms with Crippen molar-refractivity contribution in [1.82, 2.24) is 9.88 Å². The molecule has 2 heterocycles. The van der Waals surface area contributed by atoms with Crippen molar-refractivity contribution in [3.05, 3.63) is 29.3 Å². The monoisotopic (exact) mass is 304 g/mol. The van der Waals surface area contributed by atoms with Crippen LogP contribution in [-0.2, 0) is 4.79 Å². The van der Waals surface area contributed by atoms with Crippen molar-refractivity contribution in [2.45, 2.75) is 19.8 Å². The highest BCUT2D eigenvalue weighted by Crippen LogP contribution is 2.31. The number of aromatic nitrogens is 1. The van der Waals surface area contributed by atoms with Gasteiger partial charge in [0.1, 0.15) is 0 Å². The Kier molecular flexibility index (Phi) is 3.41. The molecule has 1 aliphatic rings. The molecule has 21 heavy (non-hydrogen) atoms. The summed E-state index contributed by atoms with van der Waals surface area (Å²) in [5, 5.41) is 9.34. The number of rotatable bonds is 2. The number of carboxylic acids is 1. The smallest absolute Gasteiger partial charge is 0.311 e. The molecule has 1 aromatic carbocycles. The summed E-state index contributed by atoms with van der Waals surface area (Å²) < 4.78 is 0.971. The van der Waals surface area contributed by atoms with E-state index < -0.39 is 11.4 Å². The van der Waals surface area contributed by atoms with E-state index in [9.17, 15) is 14.7 Å². The highest BCUT2D eigenvalue weighted by Gasteiger charge is 2.39. The summed E-state index contributed by atoms with van der Waals surface area (Å²) in [6.07, 6.45) is 1.33. The number of likely N-dealkylation sites (tertiary alicyclic amines) is 1. The minimum atomic E-state index is -0.845. The van der Waals surface area contributed by atoms with Gasteiger partial charge in [-0.05, 0) is 38.0 Å². The summed E-state index contributed by atoms with van der Waals surface area (Å²) in [6.45, 7) is 2.59. The van der Waals surface area contributed by atoms with Crippen LogP contribution in [0.25, 0.3) is 10.2 Å². The normalized spacial score (nSPS) is 22.4. The van der Waals surface area contributed by atoms with Crippen LogP contribution in [0.5, 0.6) is 0 Å². The van der Waals surface area contributed by atoms with Crippen LogP contribution in [0, 0.1) is 5.41 Å². The number of thiazole rings is 1. The third kappa shape index (κ3) is 2.51. The summed E-state index contributed by atoms with van der Waals surface area (Å²) in [7, 11) is 0. The summed E-state index contributed by atoms with van der Waals surface area (Å²) in [5.41, 5.74) is 2.39. The molecule has 0 radical (unpaired) electrons. The zero-order chi connectivity index (χ0) is 15.0. The fraction of sp³-hybridized carbons (Fsp3) is 0.400. The molecular formula is C15H16N2O3S. The van der Waals surface area contributed by atoms with Crippen LogP contribution >= 0.6 is 11.3 Å². The van der Waals surface area contributed by atoms with E-state index in [2.05, 4.69) is 4.98 Å². The van der Waals surface area contributed by atoms with E-state index in [0.29, 0.717) is 18.5 Å². The van der Waals surface area contributed by atoms with Gasteiger partial charge in [0.15, 0.2) is 0 Å². The zero-order valence-electron chi connectivity index (χ0n) is 11.7. The van der Waals surface area contributed by atoms with Crippen molar-refractivity contribution >= 4 is 33.4 Å². The lowest BCUT2D eigenvalue weighted by Gasteiger charge is -2.37. The number of hydrogen-bond donors (Lipinski definition) is 1. The molecule has 1 unspecified atom stereocenters. The molecule has 0 aliphatic carbocycles. The SMILES string of the molecule is CC1(C(=O)O)CCCN(C(=O)c2ccc3ncsc3c2)C1. The van der Waals surface area contributed by atoms with Crippen molar-refractivity contribution < 1.29 is 14.7 Å². The van der Waals surface area contributed by atoms with E-state index in [-0.39, 0.29) is 12.5 Å². The Hall–Kier alpha value is -1.95. The van der Waals surface area contributed by atoms with Gasteiger partial charge in [0, 0.05) is 18.7 Å². The van der Waals surface area contributed by atoms with Gasteiger partial charge in [-0.2, -0.15) is 0 Å². The summed E-state index contributed by atoms with van der Waals surface area (Å²) in [4.78, 5) is 29.8. The van der Waals surface area contributed by atoms with Crippen LogP contribution < -0.4 is 0 Å². The number of benzene rings is 1. The van der Waals surface area contributed by atoms with Gasteiger partial charge in [-0.25, -0.2) is 4.98 Å². The van der Waals surface area contributed by atoms with Crippen molar-refractivity contribution in [3.63, 3.8) is 0 Å². The molecule has 1 atom stereocenters. The van der Waals surface area contributed by atoms with Crippen LogP contribution in [0.4, 0.5) is 0 Å². The highest BCUT2D eigenvalue weighted by molar-refractivity contribution is 7.16. The molecule has 1 N–H and O–H groups in total. The number of carboxylic acid groups (broad SMARTS) is 1. The van der Waals surface area contributed by atoms with Gasteiger partial charge in [0.25, 0.3) is 5.91 Å². The fourth-order valence-corrected chi connectivity index (χ4v) is 3.47. The second-order valence-electron chi connectivity index (χ2n) is 5.73. The van der Waals surface area contributed by atoms with Gasteiger partial charge in [0.05, 0.1) is 21.1 Å². The van der Waals surface area contributed by atoms with Crippen LogP contribution in [-0.4, -0.2) is 40.0 Å². The van der Waals surface area contributed by atoms with Gasteiger partial charge in [-0.3, -0.25) is 9.59 Å². The maximum absolute atomic E-state index is 12.6. The maximum atomic E-state index is 12.6. The molecule has 2 aromatic rings. The van der Waals surface area contributed by atoms with E-state index in [1.54, 1.807) is 23.4 Å². The Morgan fingerprint density at radius 2 is 2.24 bits per heavy atom. The Labute approximate surface area is 126 Å². The molecular weight excluding hydrogens is 288 g/mol. The summed E-state index contributed by atoms with van der Waals surface area (Å²) in [6, 6.07) is 5.43. The predicted molar refractivity (Wildman–Crippen MR) is 80.5 cm³/mol. The van der Waals surface area contributed by atoms with Gasteiger partial charge in [-0.15, -0.1) is 11.3 Å². The number of hydrogen-bond acceptors (Lipinski definition) is 4. The molecule has 3 rings (SSSR count). The predicted octanol–water partition coefficient (Wildman–Crippen LogP) is 2.62. The van der Waals surface area contributed by atoms with Crippen LogP contribution in [0.3, 0.4) is 0 Å². The second-order valence-corrected chi connectivity index (χ2v) is 6.62. The van der Waals surface area contributed by atoms with E-state index in [1.807, 2.05) is 12.1 Å². The Balaban J connectivity index is 1.85. The molecule has 5 nitrogen and oxygen atoms in total. The minimum absolute atomic E-state index is 0.0996. The molecule has 6 heteroatoms. The lowest BCUT2D eigenvalue weighted by molar-refractivity contribution is -0.150. The number of nitrogens with zero attached hydrogens (tertiary/aromatic N) is 2. The first kappa shape index (κ1) is 14.0. The lowest BCUT2D eigenvalue weighted by atomic mass is 9.82. The molecule has 0 bridgehead atoms. The number of piperidine rings is 1. The van der Waals surface area contributed by atoms with Crippen molar-refractivity contribution in [2.24, 2.45) is 5.41 Å². The molecule has 1 fully saturated rings. The minimum Gasteiger partial charge on any atom is -0.481 e. The number of fused-ring (bicyclic) bond motifs is 1. The van der Waals surface area contributed by atoms with Crippen molar-refractivity contribution in [2.75, 3.05) is 13.1 Å². The zero-order valence-corrected chi connectivity index (χ0v) is 12.5. The standard InChI is InChI=1S/C15H16N2O3S/c1-15(14(19)20)5-2-6-17(8-15)13(18)10-3-4-11-12(7-10)21-9-16-11/h3-4,7,9H,2,5-6,8H2,1H3,(H,19,20).